The van der Waals surface area contributed by atoms with Gasteiger partial charge in [0.1, 0.15) is 6.26 Å². The maximum atomic E-state index is 12.3. The van der Waals surface area contributed by atoms with Crippen molar-refractivity contribution >= 4 is 35.2 Å². The molecule has 0 saturated carbocycles. The first-order valence-electron chi connectivity index (χ1n) is 7.97. The van der Waals surface area contributed by atoms with Crippen molar-refractivity contribution < 1.29 is 9.21 Å². The zero-order valence-electron chi connectivity index (χ0n) is 14.1. The Morgan fingerprint density at radius 3 is 2.80 bits per heavy atom. The molecule has 2 heterocycles. The van der Waals surface area contributed by atoms with Crippen LogP contribution in [0.2, 0.25) is 0 Å². The molecular formula is C17H21N5O2S. The lowest BCUT2D eigenvalue weighted by atomic mass is 10.1. The largest absolute Gasteiger partial charge is 0.431 e. The minimum Gasteiger partial charge on any atom is -0.431 e. The molecule has 1 aromatic heterocycles. The fourth-order valence-electron chi connectivity index (χ4n) is 2.68. The molecule has 1 amide bonds. The molecule has 0 radical (unpaired) electrons. The molecule has 0 bridgehead atoms. The van der Waals surface area contributed by atoms with E-state index in [1.54, 1.807) is 11.9 Å². The topological polar surface area (TPSA) is 87.6 Å². The van der Waals surface area contributed by atoms with Crippen LogP contribution < -0.4 is 16.0 Å². The van der Waals surface area contributed by atoms with E-state index in [1.165, 1.54) is 6.26 Å². The van der Waals surface area contributed by atoms with Gasteiger partial charge >= 0.3 is 0 Å². The van der Waals surface area contributed by atoms with Crippen LogP contribution in [-0.4, -0.2) is 41.4 Å². The Kier molecular flexibility index (Phi) is 5.30. The Morgan fingerprint density at radius 1 is 1.40 bits per heavy atom. The van der Waals surface area contributed by atoms with Crippen LogP contribution in [-0.2, 0) is 0 Å². The lowest BCUT2D eigenvalue weighted by molar-refractivity contribution is 0.102. The zero-order chi connectivity index (χ0) is 17.8. The highest BCUT2D eigenvalue weighted by molar-refractivity contribution is 7.99. The highest BCUT2D eigenvalue weighted by Crippen LogP contribution is 2.26. The summed E-state index contributed by atoms with van der Waals surface area (Å²) in [5.74, 6) is -0.340. The summed E-state index contributed by atoms with van der Waals surface area (Å²) in [5, 5.41) is 4.73. The van der Waals surface area contributed by atoms with Crippen molar-refractivity contribution in [1.82, 2.24) is 9.29 Å². The van der Waals surface area contributed by atoms with Gasteiger partial charge < -0.3 is 20.4 Å². The lowest BCUT2D eigenvalue weighted by Gasteiger charge is -2.35. The van der Waals surface area contributed by atoms with E-state index in [2.05, 4.69) is 32.2 Å². The number of piperazine rings is 1. The van der Waals surface area contributed by atoms with Crippen molar-refractivity contribution in [1.29, 1.82) is 0 Å². The molecule has 3 N–H and O–H groups in total. The molecule has 1 aromatic carbocycles. The maximum Gasteiger partial charge on any atom is 0.292 e. The Labute approximate surface area is 151 Å². The monoisotopic (exact) mass is 359 g/mol. The van der Waals surface area contributed by atoms with Crippen molar-refractivity contribution in [3.63, 3.8) is 0 Å². The van der Waals surface area contributed by atoms with Gasteiger partial charge in [-0.25, -0.2) is 4.31 Å². The molecule has 0 aliphatic carbocycles. The molecule has 8 heteroatoms. The molecule has 0 spiro atoms. The first kappa shape index (κ1) is 17.4. The molecule has 0 unspecified atom stereocenters. The number of aromatic nitrogens is 1. The maximum absolute atomic E-state index is 12.3. The number of amides is 1. The van der Waals surface area contributed by atoms with Gasteiger partial charge in [0.25, 0.3) is 11.9 Å². The Morgan fingerprint density at radius 2 is 2.16 bits per heavy atom. The van der Waals surface area contributed by atoms with Crippen molar-refractivity contribution in [3.05, 3.63) is 47.7 Å². The van der Waals surface area contributed by atoms with Gasteiger partial charge in [-0.3, -0.25) is 4.79 Å². The highest BCUT2D eigenvalue weighted by Gasteiger charge is 2.18. The van der Waals surface area contributed by atoms with Crippen molar-refractivity contribution in [2.24, 2.45) is 0 Å². The van der Waals surface area contributed by atoms with E-state index in [-0.39, 0.29) is 17.6 Å². The number of nitrogens with one attached hydrogen (secondary N) is 1. The number of benzene rings is 1. The molecule has 25 heavy (non-hydrogen) atoms. The number of anilines is 3. The average Bonchev–Trinajstić information content (AvgIpc) is 3.04. The number of nitrogens with zero attached hydrogens (tertiary/aromatic N) is 3. The Hall–Kier alpha value is -2.45. The van der Waals surface area contributed by atoms with E-state index in [1.807, 2.05) is 24.5 Å². The molecule has 1 saturated heterocycles. The molecule has 0 atom stereocenters. The van der Waals surface area contributed by atoms with Crippen LogP contribution in [0.25, 0.3) is 0 Å². The van der Waals surface area contributed by atoms with Crippen LogP contribution in [0.5, 0.6) is 0 Å². The third-order valence-electron chi connectivity index (χ3n) is 4.05. The van der Waals surface area contributed by atoms with E-state index < -0.39 is 0 Å². The molecule has 1 aliphatic rings. The molecule has 2 aromatic rings. The SMILES string of the molecule is C=CSN1CCN(c2ccc(C)c(NC(=O)c3coc(N)n3)c2)CC1. The van der Waals surface area contributed by atoms with Crippen LogP contribution in [0.15, 0.2) is 40.9 Å². The normalized spacial score (nSPS) is 15.2. The number of rotatable bonds is 5. The van der Waals surface area contributed by atoms with Gasteiger partial charge in [-0.1, -0.05) is 24.6 Å². The van der Waals surface area contributed by atoms with Crippen molar-refractivity contribution in [2.45, 2.75) is 6.92 Å². The van der Waals surface area contributed by atoms with Crippen LogP contribution >= 0.6 is 11.9 Å². The van der Waals surface area contributed by atoms with E-state index in [0.29, 0.717) is 0 Å². The van der Waals surface area contributed by atoms with Gasteiger partial charge in [-0.15, -0.1) is 0 Å². The minimum absolute atomic E-state index is 0.0223. The molecule has 7 nitrogen and oxygen atoms in total. The summed E-state index contributed by atoms with van der Waals surface area (Å²) in [4.78, 5) is 18.4. The molecule has 1 fully saturated rings. The number of nitrogen functional groups attached to an aromatic ring is 1. The number of carbonyl (C=O) groups is 1. The number of carbonyl (C=O) groups excluding carboxylic acids is 1. The van der Waals surface area contributed by atoms with E-state index in [0.717, 1.165) is 43.1 Å². The molecule has 3 rings (SSSR count). The number of hydrogen-bond acceptors (Lipinski definition) is 7. The van der Waals surface area contributed by atoms with Crippen LogP contribution in [0.4, 0.5) is 17.4 Å². The van der Waals surface area contributed by atoms with Crippen molar-refractivity contribution in [2.75, 3.05) is 42.1 Å². The second kappa shape index (κ2) is 7.62. The van der Waals surface area contributed by atoms with Gasteiger partial charge in [0.05, 0.1) is 0 Å². The number of hydrogen-bond donors (Lipinski definition) is 2. The van der Waals surface area contributed by atoms with Gasteiger partial charge in [0.15, 0.2) is 5.69 Å². The van der Waals surface area contributed by atoms with Crippen LogP contribution in [0.3, 0.4) is 0 Å². The summed E-state index contributed by atoms with van der Waals surface area (Å²) in [6.45, 7) is 9.49. The first-order valence-corrected chi connectivity index (χ1v) is 8.81. The number of oxazole rings is 1. The third kappa shape index (κ3) is 4.15. The van der Waals surface area contributed by atoms with Crippen LogP contribution in [0, 0.1) is 6.92 Å². The number of nitrogens with two attached hydrogens (primary N) is 1. The van der Waals surface area contributed by atoms with Gasteiger partial charge in [-0.05, 0) is 30.0 Å². The predicted molar refractivity (Wildman–Crippen MR) is 102 cm³/mol. The molecule has 1 aliphatic heterocycles. The molecular weight excluding hydrogens is 338 g/mol. The predicted octanol–water partition coefficient (Wildman–Crippen LogP) is 2.73. The summed E-state index contributed by atoms with van der Waals surface area (Å²) < 4.78 is 7.17. The summed E-state index contributed by atoms with van der Waals surface area (Å²) in [7, 11) is 0. The van der Waals surface area contributed by atoms with Crippen LogP contribution in [0.1, 0.15) is 16.1 Å². The summed E-state index contributed by atoms with van der Waals surface area (Å²) in [6, 6.07) is 6.06. The Balaban J connectivity index is 1.70. The summed E-state index contributed by atoms with van der Waals surface area (Å²) in [5.41, 5.74) is 8.41. The van der Waals surface area contributed by atoms with E-state index in [4.69, 9.17) is 10.2 Å². The fourth-order valence-corrected chi connectivity index (χ4v) is 3.26. The quantitative estimate of drug-likeness (QED) is 0.794. The highest BCUT2D eigenvalue weighted by atomic mass is 32.2. The van der Waals surface area contributed by atoms with Gasteiger partial charge in [-0.2, -0.15) is 4.98 Å². The zero-order valence-corrected chi connectivity index (χ0v) is 14.9. The standard InChI is InChI=1S/C17H21N5O2S/c1-3-25-22-8-6-21(7-9-22)13-5-4-12(2)14(10-13)19-16(23)15-11-24-17(18)20-15/h3-5,10-11H,1,6-9H2,2H3,(H2,18,20)(H,19,23). The Bertz CT molecular complexity index is 768. The lowest BCUT2D eigenvalue weighted by Crippen LogP contribution is -2.43. The van der Waals surface area contributed by atoms with Gasteiger partial charge in [0.2, 0.25) is 0 Å². The van der Waals surface area contributed by atoms with E-state index >= 15 is 0 Å². The van der Waals surface area contributed by atoms with E-state index in [9.17, 15) is 4.79 Å². The first-order chi connectivity index (χ1) is 12.1. The van der Waals surface area contributed by atoms with Crippen molar-refractivity contribution in [3.8, 4) is 0 Å². The fraction of sp³-hybridized carbons (Fsp3) is 0.294. The third-order valence-corrected chi connectivity index (χ3v) is 4.86. The second-order valence-corrected chi connectivity index (χ2v) is 6.77. The summed E-state index contributed by atoms with van der Waals surface area (Å²) in [6.07, 6.45) is 1.25. The van der Waals surface area contributed by atoms with Gasteiger partial charge in [0, 0.05) is 37.6 Å². The second-order valence-electron chi connectivity index (χ2n) is 5.71. The molecule has 132 valence electrons. The minimum atomic E-state index is -0.340. The summed E-state index contributed by atoms with van der Waals surface area (Å²) >= 11 is 1.65. The smallest absolute Gasteiger partial charge is 0.292 e. The average molecular weight is 359 g/mol. The number of aryl methyl sites for hydroxylation is 1.